The molecule has 0 fully saturated rings. The molecule has 1 heterocycles. The summed E-state index contributed by atoms with van der Waals surface area (Å²) >= 11 is 0. The Labute approximate surface area is 130 Å². The van der Waals surface area contributed by atoms with Gasteiger partial charge in [0.15, 0.2) is 11.8 Å². The van der Waals surface area contributed by atoms with Gasteiger partial charge in [-0.15, -0.1) is 10.2 Å². The molecule has 1 aromatic heterocycles. The molecule has 1 aromatic carbocycles. The molecule has 0 saturated carbocycles. The molecule has 0 atom stereocenters. The Kier molecular flexibility index (Phi) is 5.76. The lowest BCUT2D eigenvalue weighted by Crippen LogP contribution is -2.37. The summed E-state index contributed by atoms with van der Waals surface area (Å²) in [5, 5.41) is 14.4. The van der Waals surface area contributed by atoms with Gasteiger partial charge in [0, 0.05) is 13.6 Å². The molecule has 7 heteroatoms. The van der Waals surface area contributed by atoms with Gasteiger partial charge in [0.1, 0.15) is 12.1 Å². The number of rotatable bonds is 6. The van der Waals surface area contributed by atoms with Crippen LogP contribution in [0.15, 0.2) is 35.6 Å². The molecule has 0 aliphatic carbocycles. The van der Waals surface area contributed by atoms with E-state index in [2.05, 4.69) is 25.8 Å². The number of aromatic nitrogens is 3. The standard InChI is InChI=1S/C15H22N6O/c1-4-16-15(18-10-14-20-19-11-21(14)2)17-9-12-5-7-13(22-3)8-6-12/h5-8,11H,4,9-10H2,1-3H3,(H2,16,17,18). The highest BCUT2D eigenvalue weighted by Gasteiger charge is 2.02. The van der Waals surface area contributed by atoms with E-state index in [1.807, 2.05) is 42.8 Å². The number of hydrogen-bond donors (Lipinski definition) is 2. The minimum absolute atomic E-state index is 0.574. The van der Waals surface area contributed by atoms with Crippen molar-refractivity contribution in [3.05, 3.63) is 42.0 Å². The fraction of sp³-hybridized carbons (Fsp3) is 0.400. The van der Waals surface area contributed by atoms with E-state index in [0.29, 0.717) is 13.1 Å². The summed E-state index contributed by atoms with van der Waals surface area (Å²) in [5.41, 5.74) is 1.12. The fourth-order valence-electron chi connectivity index (χ4n) is 1.87. The number of methoxy groups -OCH3 is 1. The van der Waals surface area contributed by atoms with Gasteiger partial charge < -0.3 is 19.9 Å². The van der Waals surface area contributed by atoms with Crippen LogP contribution in [-0.4, -0.2) is 34.4 Å². The number of nitrogens with one attached hydrogen (secondary N) is 2. The molecule has 22 heavy (non-hydrogen) atoms. The molecule has 0 radical (unpaired) electrons. The van der Waals surface area contributed by atoms with E-state index in [9.17, 15) is 0 Å². The van der Waals surface area contributed by atoms with Crippen molar-refractivity contribution >= 4 is 5.96 Å². The first-order valence-electron chi connectivity index (χ1n) is 7.21. The van der Waals surface area contributed by atoms with Crippen LogP contribution >= 0.6 is 0 Å². The van der Waals surface area contributed by atoms with Crippen molar-refractivity contribution in [3.8, 4) is 5.75 Å². The molecule has 2 aromatic rings. The molecule has 0 aliphatic rings. The average molecular weight is 302 g/mol. The van der Waals surface area contributed by atoms with E-state index in [1.54, 1.807) is 13.4 Å². The Hall–Kier alpha value is -2.57. The van der Waals surface area contributed by atoms with Crippen LogP contribution in [0, 0.1) is 0 Å². The largest absolute Gasteiger partial charge is 0.497 e. The predicted molar refractivity (Wildman–Crippen MR) is 85.7 cm³/mol. The maximum atomic E-state index is 5.15. The molecule has 0 aliphatic heterocycles. The van der Waals surface area contributed by atoms with Crippen LogP contribution in [-0.2, 0) is 20.1 Å². The number of guanidine groups is 1. The van der Waals surface area contributed by atoms with E-state index in [0.717, 1.165) is 29.6 Å². The third kappa shape index (κ3) is 4.47. The van der Waals surface area contributed by atoms with Gasteiger partial charge in [-0.2, -0.15) is 0 Å². The second-order valence-electron chi connectivity index (χ2n) is 4.75. The monoisotopic (exact) mass is 302 g/mol. The van der Waals surface area contributed by atoms with E-state index in [1.165, 1.54) is 0 Å². The summed E-state index contributed by atoms with van der Waals surface area (Å²) in [7, 11) is 3.57. The summed E-state index contributed by atoms with van der Waals surface area (Å²) < 4.78 is 7.02. The minimum Gasteiger partial charge on any atom is -0.497 e. The van der Waals surface area contributed by atoms with Crippen LogP contribution < -0.4 is 15.4 Å². The van der Waals surface area contributed by atoms with Crippen molar-refractivity contribution in [2.75, 3.05) is 13.7 Å². The number of ether oxygens (including phenoxy) is 1. The molecule has 0 amide bonds. The van der Waals surface area contributed by atoms with E-state index < -0.39 is 0 Å². The van der Waals surface area contributed by atoms with Crippen molar-refractivity contribution in [1.29, 1.82) is 0 Å². The van der Waals surface area contributed by atoms with Crippen molar-refractivity contribution in [1.82, 2.24) is 25.4 Å². The van der Waals surface area contributed by atoms with Gasteiger partial charge in [0.25, 0.3) is 0 Å². The van der Waals surface area contributed by atoms with Crippen molar-refractivity contribution < 1.29 is 4.74 Å². The highest BCUT2D eigenvalue weighted by Crippen LogP contribution is 2.11. The molecule has 0 bridgehead atoms. The first-order valence-corrected chi connectivity index (χ1v) is 7.21. The second-order valence-corrected chi connectivity index (χ2v) is 4.75. The normalized spacial score (nSPS) is 11.3. The fourth-order valence-corrected chi connectivity index (χ4v) is 1.87. The maximum Gasteiger partial charge on any atom is 0.191 e. The Balaban J connectivity index is 1.95. The predicted octanol–water partition coefficient (Wildman–Crippen LogP) is 1.08. The van der Waals surface area contributed by atoms with Gasteiger partial charge >= 0.3 is 0 Å². The van der Waals surface area contributed by atoms with Crippen LogP contribution in [0.2, 0.25) is 0 Å². The zero-order valence-corrected chi connectivity index (χ0v) is 13.2. The molecule has 118 valence electrons. The van der Waals surface area contributed by atoms with E-state index in [4.69, 9.17) is 4.74 Å². The topological polar surface area (TPSA) is 76.4 Å². The summed E-state index contributed by atoms with van der Waals surface area (Å²) in [5.74, 6) is 2.46. The van der Waals surface area contributed by atoms with Crippen LogP contribution in [0.25, 0.3) is 0 Å². The number of hydrogen-bond acceptors (Lipinski definition) is 4. The summed E-state index contributed by atoms with van der Waals surface area (Å²) in [6.07, 6.45) is 1.68. The first kappa shape index (κ1) is 15.8. The lowest BCUT2D eigenvalue weighted by atomic mass is 10.2. The van der Waals surface area contributed by atoms with Gasteiger partial charge in [0.05, 0.1) is 20.2 Å². The molecule has 0 saturated heterocycles. The molecule has 0 spiro atoms. The number of benzene rings is 1. The molecule has 7 nitrogen and oxygen atoms in total. The third-order valence-corrected chi connectivity index (χ3v) is 3.14. The van der Waals surface area contributed by atoms with Gasteiger partial charge in [-0.05, 0) is 24.6 Å². The number of aryl methyl sites for hydroxylation is 1. The van der Waals surface area contributed by atoms with Crippen LogP contribution in [0.3, 0.4) is 0 Å². The summed E-state index contributed by atoms with van der Waals surface area (Å²) in [6.45, 7) is 4.00. The lowest BCUT2D eigenvalue weighted by molar-refractivity contribution is 0.414. The highest BCUT2D eigenvalue weighted by molar-refractivity contribution is 5.79. The van der Waals surface area contributed by atoms with E-state index >= 15 is 0 Å². The van der Waals surface area contributed by atoms with Gasteiger partial charge in [-0.3, -0.25) is 0 Å². The van der Waals surface area contributed by atoms with Crippen LogP contribution in [0.5, 0.6) is 5.75 Å². The Morgan fingerprint density at radius 2 is 2.05 bits per heavy atom. The molecular formula is C15H22N6O. The summed E-state index contributed by atoms with van der Waals surface area (Å²) in [6, 6.07) is 7.89. The van der Waals surface area contributed by atoms with Gasteiger partial charge in [-0.1, -0.05) is 12.1 Å². The Morgan fingerprint density at radius 3 is 2.64 bits per heavy atom. The van der Waals surface area contributed by atoms with Crippen molar-refractivity contribution in [2.45, 2.75) is 20.0 Å². The minimum atomic E-state index is 0.574. The lowest BCUT2D eigenvalue weighted by Gasteiger charge is -2.11. The van der Waals surface area contributed by atoms with Gasteiger partial charge in [0.2, 0.25) is 0 Å². The first-order chi connectivity index (χ1) is 10.7. The molecular weight excluding hydrogens is 280 g/mol. The average Bonchev–Trinajstić information content (AvgIpc) is 2.96. The third-order valence-electron chi connectivity index (χ3n) is 3.14. The number of nitrogens with zero attached hydrogens (tertiary/aromatic N) is 4. The van der Waals surface area contributed by atoms with Crippen LogP contribution in [0.1, 0.15) is 18.3 Å². The molecule has 2 rings (SSSR count). The molecule has 0 unspecified atom stereocenters. The molecule has 2 N–H and O–H groups in total. The summed E-state index contributed by atoms with van der Waals surface area (Å²) in [4.78, 5) is 4.56. The zero-order chi connectivity index (χ0) is 15.8. The highest BCUT2D eigenvalue weighted by atomic mass is 16.5. The smallest absolute Gasteiger partial charge is 0.191 e. The SMILES string of the molecule is CCNC(=NCc1ccc(OC)cc1)NCc1nncn1C. The van der Waals surface area contributed by atoms with Crippen molar-refractivity contribution in [3.63, 3.8) is 0 Å². The van der Waals surface area contributed by atoms with Gasteiger partial charge in [-0.25, -0.2) is 4.99 Å². The zero-order valence-electron chi connectivity index (χ0n) is 13.2. The number of aliphatic imine (C=N–C) groups is 1. The van der Waals surface area contributed by atoms with Crippen molar-refractivity contribution in [2.24, 2.45) is 12.0 Å². The van der Waals surface area contributed by atoms with E-state index in [-0.39, 0.29) is 0 Å². The Morgan fingerprint density at radius 1 is 1.27 bits per heavy atom. The maximum absolute atomic E-state index is 5.15. The van der Waals surface area contributed by atoms with Crippen LogP contribution in [0.4, 0.5) is 0 Å². The quantitative estimate of drug-likeness (QED) is 0.617. The second kappa shape index (κ2) is 8.02. The Bertz CT molecular complexity index is 605.